The molecule has 1 heterocycles. The highest BCUT2D eigenvalue weighted by Crippen LogP contribution is 2.16. The van der Waals surface area contributed by atoms with Crippen LogP contribution in [0.25, 0.3) is 0 Å². The van der Waals surface area contributed by atoms with Crippen molar-refractivity contribution in [3.8, 4) is 0 Å². The minimum absolute atomic E-state index is 0.00980. The van der Waals surface area contributed by atoms with E-state index in [4.69, 9.17) is 0 Å². The Morgan fingerprint density at radius 2 is 2.20 bits per heavy atom. The van der Waals surface area contributed by atoms with Crippen molar-refractivity contribution in [2.45, 2.75) is 38.8 Å². The first kappa shape index (κ1) is 14.9. The summed E-state index contributed by atoms with van der Waals surface area (Å²) in [6.45, 7) is 6.17. The molecule has 1 aliphatic heterocycles. The minimum atomic E-state index is -0.00980. The summed E-state index contributed by atoms with van der Waals surface area (Å²) in [6, 6.07) is 8.39. The lowest BCUT2D eigenvalue weighted by Gasteiger charge is -2.31. The Morgan fingerprint density at radius 3 is 2.90 bits per heavy atom. The number of nitrogens with one attached hydrogen (secondary N) is 2. The number of amides is 1. The second-order valence-corrected chi connectivity index (χ2v) is 5.95. The topological polar surface area (TPSA) is 44.4 Å². The Labute approximate surface area is 121 Å². The summed E-state index contributed by atoms with van der Waals surface area (Å²) < 4.78 is 0. The van der Waals surface area contributed by atoms with Crippen molar-refractivity contribution in [3.63, 3.8) is 0 Å². The molecule has 1 unspecified atom stereocenters. The molecule has 1 saturated heterocycles. The van der Waals surface area contributed by atoms with Crippen molar-refractivity contribution < 1.29 is 4.79 Å². The average Bonchev–Trinajstić information content (AvgIpc) is 2.38. The van der Waals surface area contributed by atoms with Gasteiger partial charge in [-0.2, -0.15) is 0 Å². The summed E-state index contributed by atoms with van der Waals surface area (Å²) in [5.41, 5.74) is 1.74. The molecule has 1 atom stereocenters. The van der Waals surface area contributed by atoms with Gasteiger partial charge in [-0.25, -0.2) is 0 Å². The van der Waals surface area contributed by atoms with Crippen LogP contribution in [0.4, 0.5) is 5.69 Å². The van der Waals surface area contributed by atoms with Crippen LogP contribution in [0.2, 0.25) is 0 Å². The van der Waals surface area contributed by atoms with E-state index in [0.29, 0.717) is 11.6 Å². The van der Waals surface area contributed by atoms with Crippen molar-refractivity contribution in [1.29, 1.82) is 0 Å². The average molecular weight is 275 g/mol. The fourth-order valence-corrected chi connectivity index (χ4v) is 2.62. The number of benzene rings is 1. The number of carbonyl (C=O) groups excluding carboxylic acids is 1. The van der Waals surface area contributed by atoms with Gasteiger partial charge in [-0.05, 0) is 58.5 Å². The number of likely N-dealkylation sites (tertiary alicyclic amines) is 1. The fourth-order valence-electron chi connectivity index (χ4n) is 2.62. The van der Waals surface area contributed by atoms with Crippen LogP contribution < -0.4 is 10.6 Å². The van der Waals surface area contributed by atoms with Gasteiger partial charge in [-0.1, -0.05) is 6.07 Å². The molecule has 1 amide bonds. The van der Waals surface area contributed by atoms with Gasteiger partial charge in [-0.3, -0.25) is 4.79 Å². The molecule has 4 heteroatoms. The molecule has 4 nitrogen and oxygen atoms in total. The molecule has 110 valence electrons. The maximum absolute atomic E-state index is 12.0. The summed E-state index contributed by atoms with van der Waals surface area (Å²) in [5.74, 6) is -0.00980. The molecule has 20 heavy (non-hydrogen) atoms. The van der Waals surface area contributed by atoms with E-state index < -0.39 is 0 Å². The fraction of sp³-hybridized carbons (Fsp3) is 0.562. The summed E-state index contributed by atoms with van der Waals surface area (Å²) in [4.78, 5) is 14.3. The Hall–Kier alpha value is -1.55. The molecular weight excluding hydrogens is 250 g/mol. The molecule has 0 bridgehead atoms. The smallest absolute Gasteiger partial charge is 0.251 e. The van der Waals surface area contributed by atoms with Crippen LogP contribution in [0.15, 0.2) is 24.3 Å². The van der Waals surface area contributed by atoms with E-state index in [2.05, 4.69) is 22.6 Å². The predicted octanol–water partition coefficient (Wildman–Crippen LogP) is 2.33. The van der Waals surface area contributed by atoms with Gasteiger partial charge in [0.25, 0.3) is 5.91 Å². The van der Waals surface area contributed by atoms with Gasteiger partial charge in [0.05, 0.1) is 0 Å². The Kier molecular flexibility index (Phi) is 5.01. The van der Waals surface area contributed by atoms with E-state index in [1.165, 1.54) is 19.4 Å². The lowest BCUT2D eigenvalue weighted by atomic mass is 10.1. The van der Waals surface area contributed by atoms with Crippen LogP contribution in [0, 0.1) is 0 Å². The highest BCUT2D eigenvalue weighted by atomic mass is 16.1. The zero-order chi connectivity index (χ0) is 14.5. The van der Waals surface area contributed by atoms with Crippen molar-refractivity contribution in [2.75, 3.05) is 25.5 Å². The highest BCUT2D eigenvalue weighted by Gasteiger charge is 2.17. The van der Waals surface area contributed by atoms with E-state index in [9.17, 15) is 4.79 Å². The lowest BCUT2D eigenvalue weighted by Crippen LogP contribution is -2.39. The molecule has 2 rings (SSSR count). The van der Waals surface area contributed by atoms with E-state index >= 15 is 0 Å². The number of carbonyl (C=O) groups is 1. The van der Waals surface area contributed by atoms with Crippen LogP contribution in [-0.4, -0.2) is 43.0 Å². The SMILES string of the molecule is CC(C)NC(=O)c1cccc(NC2CCCN(C)C2)c1. The molecule has 2 N–H and O–H groups in total. The molecular formula is C16H25N3O. The van der Waals surface area contributed by atoms with Crippen molar-refractivity contribution in [1.82, 2.24) is 10.2 Å². The molecule has 0 aromatic heterocycles. The van der Waals surface area contributed by atoms with Gasteiger partial charge >= 0.3 is 0 Å². The van der Waals surface area contributed by atoms with Crippen LogP contribution in [0.5, 0.6) is 0 Å². The van der Waals surface area contributed by atoms with E-state index in [-0.39, 0.29) is 11.9 Å². The normalized spacial score (nSPS) is 19.9. The minimum Gasteiger partial charge on any atom is -0.381 e. The standard InChI is InChI=1S/C16H25N3O/c1-12(2)17-16(20)13-6-4-7-14(10-13)18-15-8-5-9-19(3)11-15/h4,6-7,10,12,15,18H,5,8-9,11H2,1-3H3,(H,17,20). The Balaban J connectivity index is 2.00. The number of likely N-dealkylation sites (N-methyl/N-ethyl adjacent to an activating group) is 1. The second-order valence-electron chi connectivity index (χ2n) is 5.95. The number of anilines is 1. The zero-order valence-electron chi connectivity index (χ0n) is 12.6. The number of piperidine rings is 1. The Bertz CT molecular complexity index is 459. The molecule has 0 saturated carbocycles. The van der Waals surface area contributed by atoms with Gasteiger partial charge < -0.3 is 15.5 Å². The molecule has 1 fully saturated rings. The van der Waals surface area contributed by atoms with Crippen molar-refractivity contribution in [3.05, 3.63) is 29.8 Å². The van der Waals surface area contributed by atoms with Gasteiger partial charge in [-0.15, -0.1) is 0 Å². The zero-order valence-corrected chi connectivity index (χ0v) is 12.6. The second kappa shape index (κ2) is 6.75. The third kappa shape index (κ3) is 4.23. The molecule has 1 aliphatic rings. The predicted molar refractivity (Wildman–Crippen MR) is 83.2 cm³/mol. The summed E-state index contributed by atoms with van der Waals surface area (Å²) in [7, 11) is 2.15. The number of rotatable bonds is 4. The third-order valence-corrected chi connectivity index (χ3v) is 3.54. The largest absolute Gasteiger partial charge is 0.381 e. The molecule has 0 spiro atoms. The number of nitrogens with zero attached hydrogens (tertiary/aromatic N) is 1. The van der Waals surface area contributed by atoms with Crippen LogP contribution >= 0.6 is 0 Å². The summed E-state index contributed by atoms with van der Waals surface area (Å²) in [5, 5.41) is 6.46. The van der Waals surface area contributed by atoms with Gasteiger partial charge in [0.2, 0.25) is 0 Å². The van der Waals surface area contributed by atoms with E-state index in [0.717, 1.165) is 12.2 Å². The first-order chi connectivity index (χ1) is 9.54. The van der Waals surface area contributed by atoms with E-state index in [1.807, 2.05) is 38.1 Å². The molecule has 0 radical (unpaired) electrons. The van der Waals surface area contributed by atoms with E-state index in [1.54, 1.807) is 0 Å². The number of hydrogen-bond donors (Lipinski definition) is 2. The highest BCUT2D eigenvalue weighted by molar-refractivity contribution is 5.95. The molecule has 1 aromatic rings. The third-order valence-electron chi connectivity index (χ3n) is 3.54. The maximum Gasteiger partial charge on any atom is 0.251 e. The van der Waals surface area contributed by atoms with Crippen LogP contribution in [0.1, 0.15) is 37.0 Å². The van der Waals surface area contributed by atoms with Crippen molar-refractivity contribution >= 4 is 11.6 Å². The number of hydrogen-bond acceptors (Lipinski definition) is 3. The summed E-state index contributed by atoms with van der Waals surface area (Å²) in [6.07, 6.45) is 2.41. The molecule has 1 aromatic carbocycles. The van der Waals surface area contributed by atoms with Gasteiger partial charge in [0.1, 0.15) is 0 Å². The maximum atomic E-state index is 12.0. The first-order valence-corrected chi connectivity index (χ1v) is 7.40. The molecule has 0 aliphatic carbocycles. The lowest BCUT2D eigenvalue weighted by molar-refractivity contribution is 0.0943. The first-order valence-electron chi connectivity index (χ1n) is 7.40. The van der Waals surface area contributed by atoms with Crippen molar-refractivity contribution in [2.24, 2.45) is 0 Å². The summed E-state index contributed by atoms with van der Waals surface area (Å²) >= 11 is 0. The monoisotopic (exact) mass is 275 g/mol. The van der Waals surface area contributed by atoms with Gasteiger partial charge in [0, 0.05) is 29.9 Å². The Morgan fingerprint density at radius 1 is 1.40 bits per heavy atom. The quantitative estimate of drug-likeness (QED) is 0.886. The van der Waals surface area contributed by atoms with Crippen LogP contribution in [0.3, 0.4) is 0 Å². The van der Waals surface area contributed by atoms with Crippen LogP contribution in [-0.2, 0) is 0 Å². The van der Waals surface area contributed by atoms with Gasteiger partial charge in [0.15, 0.2) is 0 Å².